The van der Waals surface area contributed by atoms with E-state index in [2.05, 4.69) is 21.9 Å². The lowest BCUT2D eigenvalue weighted by atomic mass is 9.90. The third-order valence-corrected chi connectivity index (χ3v) is 4.75. The first-order chi connectivity index (χ1) is 13.8. The van der Waals surface area contributed by atoms with Gasteiger partial charge in [0.05, 0.1) is 16.6 Å². The van der Waals surface area contributed by atoms with Crippen molar-refractivity contribution >= 4 is 23.4 Å². The van der Waals surface area contributed by atoms with E-state index in [-0.39, 0.29) is 11.4 Å². The normalized spacial score (nSPS) is 15.6. The Morgan fingerprint density at radius 3 is 2.72 bits per heavy atom. The first-order valence-corrected chi connectivity index (χ1v) is 8.94. The molecule has 1 N–H and O–H groups in total. The van der Waals surface area contributed by atoms with E-state index in [1.807, 2.05) is 4.90 Å². The predicted octanol–water partition coefficient (Wildman–Crippen LogP) is 3.66. The fourth-order valence-corrected chi connectivity index (χ4v) is 3.13. The number of amides is 1. The number of non-ortho nitro benzene ring substituents is 1. The molecule has 0 aliphatic carbocycles. The molecular weight excluding hydrogens is 384 g/mol. The summed E-state index contributed by atoms with van der Waals surface area (Å²) in [6, 6.07) is 4.20. The Hall–Kier alpha value is -3.43. The number of rotatable bonds is 6. The van der Waals surface area contributed by atoms with Crippen molar-refractivity contribution in [1.29, 1.82) is 0 Å². The largest absolute Gasteiger partial charge is 0.341 e. The number of alkyl halides is 1. The van der Waals surface area contributed by atoms with Gasteiger partial charge >= 0.3 is 0 Å². The molecule has 2 aromatic rings. The Kier molecular flexibility index (Phi) is 5.81. The van der Waals surface area contributed by atoms with E-state index >= 15 is 0 Å². The Morgan fingerprint density at radius 1 is 1.38 bits per heavy atom. The van der Waals surface area contributed by atoms with Crippen molar-refractivity contribution in [3.8, 4) is 0 Å². The SMILES string of the molecule is C=CCC1(F)CCN(c2nccc(NC(=O)c3ccc([N+](=O)[O-])cc3F)n2)CC1. The van der Waals surface area contributed by atoms with Crippen molar-refractivity contribution in [2.24, 2.45) is 0 Å². The second-order valence-corrected chi connectivity index (χ2v) is 6.75. The molecule has 1 aliphatic heterocycles. The zero-order chi connectivity index (χ0) is 21.0. The lowest BCUT2D eigenvalue weighted by Gasteiger charge is -2.35. The van der Waals surface area contributed by atoms with Crippen LogP contribution in [0.2, 0.25) is 0 Å². The Bertz CT molecular complexity index is 945. The van der Waals surface area contributed by atoms with E-state index in [1.54, 1.807) is 6.08 Å². The van der Waals surface area contributed by atoms with Gasteiger partial charge in [-0.15, -0.1) is 6.58 Å². The van der Waals surface area contributed by atoms with Crippen LogP contribution in [0.1, 0.15) is 29.6 Å². The van der Waals surface area contributed by atoms with Crippen LogP contribution in [0, 0.1) is 15.9 Å². The first-order valence-electron chi connectivity index (χ1n) is 8.94. The molecule has 2 heterocycles. The molecule has 29 heavy (non-hydrogen) atoms. The summed E-state index contributed by atoms with van der Waals surface area (Å²) < 4.78 is 28.6. The van der Waals surface area contributed by atoms with E-state index in [4.69, 9.17) is 0 Å². The van der Waals surface area contributed by atoms with E-state index in [0.717, 1.165) is 12.1 Å². The standard InChI is InChI=1S/C19H19F2N5O3/c1-2-6-19(21)7-10-25(11-8-19)18-22-9-5-16(24-18)23-17(27)14-4-3-13(26(28)29)12-15(14)20/h2-5,9,12H,1,6-8,10-11H2,(H,22,23,24,27). The highest BCUT2D eigenvalue weighted by Gasteiger charge is 2.34. The van der Waals surface area contributed by atoms with Gasteiger partial charge in [-0.1, -0.05) is 6.08 Å². The van der Waals surface area contributed by atoms with Crippen molar-refractivity contribution in [2.75, 3.05) is 23.3 Å². The molecule has 0 saturated carbocycles. The van der Waals surface area contributed by atoms with Gasteiger partial charge in [0.1, 0.15) is 17.3 Å². The molecule has 3 rings (SSSR count). The van der Waals surface area contributed by atoms with Crippen molar-refractivity contribution in [2.45, 2.75) is 24.9 Å². The summed E-state index contributed by atoms with van der Waals surface area (Å²) >= 11 is 0. The molecule has 1 saturated heterocycles. The number of halogens is 2. The number of allylic oxidation sites excluding steroid dienone is 1. The number of hydrogen-bond acceptors (Lipinski definition) is 6. The maximum absolute atomic E-state index is 14.5. The van der Waals surface area contributed by atoms with E-state index in [9.17, 15) is 23.7 Å². The third kappa shape index (κ3) is 4.71. The van der Waals surface area contributed by atoms with Crippen LogP contribution in [0.4, 0.5) is 26.2 Å². The van der Waals surface area contributed by atoms with E-state index in [1.165, 1.54) is 12.3 Å². The number of nitro benzene ring substituents is 1. The summed E-state index contributed by atoms with van der Waals surface area (Å²) in [5.41, 5.74) is -2.08. The lowest BCUT2D eigenvalue weighted by molar-refractivity contribution is -0.385. The Labute approximate surface area is 165 Å². The molecule has 1 amide bonds. The van der Waals surface area contributed by atoms with Gasteiger partial charge in [-0.2, -0.15) is 4.98 Å². The second-order valence-electron chi connectivity index (χ2n) is 6.75. The third-order valence-electron chi connectivity index (χ3n) is 4.75. The van der Waals surface area contributed by atoms with E-state index < -0.39 is 28.0 Å². The van der Waals surface area contributed by atoms with Crippen molar-refractivity contribution < 1.29 is 18.5 Å². The van der Waals surface area contributed by atoms with Gasteiger partial charge in [0.25, 0.3) is 11.6 Å². The molecule has 8 nitrogen and oxygen atoms in total. The smallest absolute Gasteiger partial charge is 0.272 e. The van der Waals surface area contributed by atoms with Crippen LogP contribution in [0.15, 0.2) is 43.1 Å². The number of nitrogens with one attached hydrogen (secondary N) is 1. The number of carbonyl (C=O) groups is 1. The van der Waals surface area contributed by atoms with Gasteiger partial charge in [-0.25, -0.2) is 13.8 Å². The summed E-state index contributed by atoms with van der Waals surface area (Å²) in [6.45, 7) is 4.41. The highest BCUT2D eigenvalue weighted by Crippen LogP contribution is 2.31. The molecule has 1 aromatic heterocycles. The molecule has 10 heteroatoms. The quantitative estimate of drug-likeness (QED) is 0.449. The maximum atomic E-state index is 14.5. The molecular formula is C19H19F2N5O3. The minimum absolute atomic E-state index is 0.140. The Balaban J connectivity index is 1.70. The molecule has 1 aromatic carbocycles. The number of anilines is 2. The van der Waals surface area contributed by atoms with Crippen LogP contribution in [0.3, 0.4) is 0 Å². The monoisotopic (exact) mass is 403 g/mol. The second kappa shape index (κ2) is 8.29. The van der Waals surface area contributed by atoms with Crippen LogP contribution in [-0.4, -0.2) is 39.6 Å². The fourth-order valence-electron chi connectivity index (χ4n) is 3.13. The predicted molar refractivity (Wildman–Crippen MR) is 103 cm³/mol. The molecule has 0 atom stereocenters. The highest BCUT2D eigenvalue weighted by molar-refractivity contribution is 6.04. The van der Waals surface area contributed by atoms with Gasteiger partial charge in [-0.3, -0.25) is 14.9 Å². The zero-order valence-electron chi connectivity index (χ0n) is 15.5. The summed E-state index contributed by atoms with van der Waals surface area (Å²) in [5.74, 6) is -1.34. The molecule has 1 aliphatic rings. The number of nitrogens with zero attached hydrogens (tertiary/aromatic N) is 4. The Morgan fingerprint density at radius 2 is 2.10 bits per heavy atom. The zero-order valence-corrected chi connectivity index (χ0v) is 15.5. The average Bonchev–Trinajstić information content (AvgIpc) is 2.68. The van der Waals surface area contributed by atoms with Crippen LogP contribution in [0.5, 0.6) is 0 Å². The van der Waals surface area contributed by atoms with Crippen molar-refractivity contribution in [1.82, 2.24) is 9.97 Å². The molecule has 0 unspecified atom stereocenters. The number of aromatic nitrogens is 2. The average molecular weight is 403 g/mol. The topological polar surface area (TPSA) is 101 Å². The number of piperidine rings is 1. The maximum Gasteiger partial charge on any atom is 0.272 e. The van der Waals surface area contributed by atoms with Gasteiger partial charge < -0.3 is 10.2 Å². The summed E-state index contributed by atoms with van der Waals surface area (Å²) in [7, 11) is 0. The molecule has 0 radical (unpaired) electrons. The van der Waals surface area contributed by atoms with Gasteiger partial charge in [-0.05, 0) is 31.4 Å². The minimum atomic E-state index is -1.28. The van der Waals surface area contributed by atoms with Crippen molar-refractivity contribution in [3.63, 3.8) is 0 Å². The molecule has 0 spiro atoms. The fraction of sp³-hybridized carbons (Fsp3) is 0.316. The van der Waals surface area contributed by atoms with Crippen LogP contribution < -0.4 is 10.2 Å². The van der Waals surface area contributed by atoms with Crippen molar-refractivity contribution in [3.05, 3.63) is 64.6 Å². The summed E-state index contributed by atoms with van der Waals surface area (Å²) in [5, 5.41) is 13.1. The van der Waals surface area contributed by atoms with Crippen LogP contribution in [-0.2, 0) is 0 Å². The lowest BCUT2D eigenvalue weighted by Crippen LogP contribution is -2.42. The summed E-state index contributed by atoms with van der Waals surface area (Å²) in [6.07, 6.45) is 3.92. The number of benzene rings is 1. The summed E-state index contributed by atoms with van der Waals surface area (Å²) in [4.78, 5) is 32.4. The number of hydrogen-bond donors (Lipinski definition) is 1. The van der Waals surface area contributed by atoms with Crippen LogP contribution in [0.25, 0.3) is 0 Å². The van der Waals surface area contributed by atoms with Crippen LogP contribution >= 0.6 is 0 Å². The number of nitro groups is 1. The highest BCUT2D eigenvalue weighted by atomic mass is 19.1. The van der Waals surface area contributed by atoms with Gasteiger partial charge in [0.15, 0.2) is 0 Å². The number of carbonyl (C=O) groups excluding carboxylic acids is 1. The molecule has 0 bridgehead atoms. The first kappa shape index (κ1) is 20.3. The molecule has 152 valence electrons. The minimum Gasteiger partial charge on any atom is -0.341 e. The van der Waals surface area contributed by atoms with E-state index in [0.29, 0.717) is 44.4 Å². The molecule has 1 fully saturated rings. The van der Waals surface area contributed by atoms with Gasteiger partial charge in [0.2, 0.25) is 5.95 Å². The van der Waals surface area contributed by atoms with Gasteiger partial charge in [0, 0.05) is 25.4 Å².